The number of hydrogen-bond acceptors (Lipinski definition) is 13. The molecule has 1 amide bonds. The Morgan fingerprint density at radius 2 is 1.56 bits per heavy atom. The molecule has 0 bridgehead atoms. The van der Waals surface area contributed by atoms with Gasteiger partial charge in [-0.1, -0.05) is 18.2 Å². The van der Waals surface area contributed by atoms with E-state index in [4.69, 9.17) is 14.2 Å². The molecular weight excluding hydrogens is 506 g/mol. The van der Waals surface area contributed by atoms with Crippen LogP contribution in [0.1, 0.15) is 31.1 Å². The highest BCUT2D eigenvalue weighted by atomic mass is 32.2. The molecule has 1 fully saturated rings. The molecule has 0 spiro atoms. The maximum atomic E-state index is 12.4. The third kappa shape index (κ3) is 6.11. The van der Waals surface area contributed by atoms with Gasteiger partial charge in [-0.3, -0.25) is 19.2 Å². The molecule has 15 heteroatoms. The number of aliphatic hydroxyl groups is 3. The average Bonchev–Trinajstić information content (AvgIpc) is 2.75. The normalized spacial score (nSPS) is 28.3. The van der Waals surface area contributed by atoms with Crippen LogP contribution in [0.2, 0.25) is 0 Å². The van der Waals surface area contributed by atoms with Crippen LogP contribution in [0.25, 0.3) is 0 Å². The molecule has 2 rings (SSSR count). The third-order valence-corrected chi connectivity index (χ3v) is 6.01. The molecule has 0 radical (unpaired) electrons. The molecule has 1 heterocycles. The average molecular weight is 531 g/mol. The summed E-state index contributed by atoms with van der Waals surface area (Å²) in [6.07, 6.45) is 0. The monoisotopic (exact) mass is 531 g/mol. The lowest BCUT2D eigenvalue weighted by Gasteiger charge is -2.53. The first-order valence-electron chi connectivity index (χ1n) is 10.2. The van der Waals surface area contributed by atoms with Gasteiger partial charge < -0.3 is 44.7 Å². The Hall–Kier alpha value is -3.24. The van der Waals surface area contributed by atoms with Gasteiger partial charge in [0.2, 0.25) is 0 Å². The van der Waals surface area contributed by atoms with Crippen molar-refractivity contribution < 1.29 is 63.3 Å². The van der Waals surface area contributed by atoms with E-state index >= 15 is 0 Å². The Kier molecular flexibility index (Phi) is 9.03. The van der Waals surface area contributed by atoms with Crippen molar-refractivity contribution in [3.63, 3.8) is 0 Å². The van der Waals surface area contributed by atoms with Crippen LogP contribution in [0.4, 0.5) is 0 Å². The van der Waals surface area contributed by atoms with Crippen LogP contribution < -0.4 is 5.32 Å². The Bertz CT molecular complexity index is 1020. The molecular formula is C21H25NO13S. The van der Waals surface area contributed by atoms with E-state index < -0.39 is 71.0 Å². The number of carboxylic acid groups (broad SMARTS) is 1. The van der Waals surface area contributed by atoms with Gasteiger partial charge in [-0.05, 0) is 12.1 Å². The summed E-state index contributed by atoms with van der Waals surface area (Å²) < 4.78 is 19.4. The zero-order valence-corrected chi connectivity index (χ0v) is 20.1. The summed E-state index contributed by atoms with van der Waals surface area (Å²) in [4.78, 5) is 59.2. The predicted octanol–water partition coefficient (Wildman–Crippen LogP) is -1.29. The van der Waals surface area contributed by atoms with Crippen molar-refractivity contribution in [1.29, 1.82) is 0 Å². The van der Waals surface area contributed by atoms with Crippen LogP contribution >= 0.6 is 11.8 Å². The van der Waals surface area contributed by atoms with Gasteiger partial charge in [-0.25, -0.2) is 4.79 Å². The van der Waals surface area contributed by atoms with Gasteiger partial charge in [0.05, 0.1) is 0 Å². The SMILES string of the molecule is CC(=O)O[C@@]1(O)[C@](O)(OC(C)=O)CO[C@@H](SC[C@H](NC(=O)c2ccccc2)C(=O)O)[C@]1(O)OC(C)=O. The van der Waals surface area contributed by atoms with Gasteiger partial charge in [0.25, 0.3) is 5.91 Å². The second-order valence-electron chi connectivity index (χ2n) is 7.61. The van der Waals surface area contributed by atoms with Crippen molar-refractivity contribution in [1.82, 2.24) is 5.32 Å². The van der Waals surface area contributed by atoms with E-state index in [2.05, 4.69) is 10.1 Å². The second kappa shape index (κ2) is 11.2. The Morgan fingerprint density at radius 3 is 2.06 bits per heavy atom. The molecule has 0 aromatic heterocycles. The fourth-order valence-corrected chi connectivity index (χ4v) is 4.41. The maximum Gasteiger partial charge on any atom is 0.349 e. The molecule has 1 aliphatic rings. The minimum atomic E-state index is -3.62. The molecule has 198 valence electrons. The quantitative estimate of drug-likeness (QED) is 0.142. The van der Waals surface area contributed by atoms with Gasteiger partial charge in [-0.2, -0.15) is 0 Å². The summed E-state index contributed by atoms with van der Waals surface area (Å²) in [6, 6.07) is 6.09. The van der Waals surface area contributed by atoms with Crippen molar-refractivity contribution in [3.8, 4) is 0 Å². The van der Waals surface area contributed by atoms with Gasteiger partial charge in [0.15, 0.2) is 5.44 Å². The minimum Gasteiger partial charge on any atom is -0.480 e. The molecule has 5 N–H and O–H groups in total. The van der Waals surface area contributed by atoms with Gasteiger partial charge in [-0.15, -0.1) is 11.8 Å². The molecule has 36 heavy (non-hydrogen) atoms. The van der Waals surface area contributed by atoms with E-state index in [9.17, 15) is 44.4 Å². The number of benzene rings is 1. The number of ether oxygens (including phenoxy) is 4. The molecule has 5 atom stereocenters. The molecule has 0 aliphatic carbocycles. The summed E-state index contributed by atoms with van der Waals surface area (Å²) in [7, 11) is 0. The molecule has 0 saturated carbocycles. The van der Waals surface area contributed by atoms with Crippen LogP contribution in [-0.2, 0) is 38.1 Å². The second-order valence-corrected chi connectivity index (χ2v) is 8.71. The first-order chi connectivity index (χ1) is 16.6. The van der Waals surface area contributed by atoms with E-state index in [0.29, 0.717) is 11.8 Å². The Balaban J connectivity index is 2.38. The van der Waals surface area contributed by atoms with Crippen molar-refractivity contribution in [2.24, 2.45) is 0 Å². The van der Waals surface area contributed by atoms with Gasteiger partial charge in [0, 0.05) is 32.1 Å². The Morgan fingerprint density at radius 1 is 1.00 bits per heavy atom. The largest absolute Gasteiger partial charge is 0.480 e. The van der Waals surface area contributed by atoms with E-state index in [1.165, 1.54) is 12.1 Å². The number of aliphatic carboxylic acids is 1. The van der Waals surface area contributed by atoms with Crippen LogP contribution in [0, 0.1) is 0 Å². The summed E-state index contributed by atoms with van der Waals surface area (Å²) in [6.45, 7) is 1.29. The molecule has 1 saturated heterocycles. The number of hydrogen-bond donors (Lipinski definition) is 5. The van der Waals surface area contributed by atoms with Gasteiger partial charge >= 0.3 is 41.2 Å². The first kappa shape index (κ1) is 29.0. The van der Waals surface area contributed by atoms with Crippen LogP contribution in [-0.4, -0.2) is 91.4 Å². The Labute approximate surface area is 208 Å². The minimum absolute atomic E-state index is 0.162. The zero-order valence-electron chi connectivity index (χ0n) is 19.3. The summed E-state index contributed by atoms with van der Waals surface area (Å²) >= 11 is 0.421. The summed E-state index contributed by atoms with van der Waals surface area (Å²) in [5, 5.41) is 45.0. The lowest BCUT2D eigenvalue weighted by atomic mass is 9.93. The number of esters is 3. The summed E-state index contributed by atoms with van der Waals surface area (Å²) in [5.41, 5.74) is -1.76. The summed E-state index contributed by atoms with van der Waals surface area (Å²) in [5.74, 6) is -16.8. The highest BCUT2D eigenvalue weighted by Gasteiger charge is 2.77. The smallest absolute Gasteiger partial charge is 0.349 e. The number of thioether (sulfide) groups is 1. The highest BCUT2D eigenvalue weighted by Crippen LogP contribution is 2.47. The molecule has 0 unspecified atom stereocenters. The lowest BCUT2D eigenvalue weighted by Crippen LogP contribution is -2.80. The number of rotatable bonds is 9. The highest BCUT2D eigenvalue weighted by molar-refractivity contribution is 7.99. The van der Waals surface area contributed by atoms with Crippen LogP contribution in [0.3, 0.4) is 0 Å². The number of nitrogens with one attached hydrogen (secondary N) is 1. The maximum absolute atomic E-state index is 12.4. The predicted molar refractivity (Wildman–Crippen MR) is 118 cm³/mol. The van der Waals surface area contributed by atoms with Crippen LogP contribution in [0.5, 0.6) is 0 Å². The molecule has 1 aliphatic heterocycles. The number of carbonyl (C=O) groups is 5. The fraction of sp³-hybridized carbons (Fsp3) is 0.476. The topological polar surface area (TPSA) is 215 Å². The van der Waals surface area contributed by atoms with Crippen LogP contribution in [0.15, 0.2) is 30.3 Å². The van der Waals surface area contributed by atoms with Crippen molar-refractivity contribution in [2.75, 3.05) is 12.4 Å². The fourth-order valence-electron chi connectivity index (χ4n) is 3.22. The first-order valence-corrected chi connectivity index (χ1v) is 11.3. The van der Waals surface area contributed by atoms with E-state index in [0.717, 1.165) is 20.8 Å². The van der Waals surface area contributed by atoms with E-state index in [1.54, 1.807) is 18.2 Å². The standard InChI is InChI=1S/C21H25NO13S/c1-11(23)33-19(29)10-32-18(20(30,34-12(2)24)21(19,31)35-13(3)25)36-9-15(17(27)28)22-16(26)14-7-5-4-6-8-14/h4-8,15,18,29-31H,9-10H2,1-3H3,(H,22,26)(H,27,28)/t15-,18-,19+,20-,21-/m0/s1. The van der Waals surface area contributed by atoms with Crippen molar-refractivity contribution in [3.05, 3.63) is 35.9 Å². The van der Waals surface area contributed by atoms with Crippen molar-refractivity contribution in [2.45, 2.75) is 49.6 Å². The van der Waals surface area contributed by atoms with Gasteiger partial charge in [0.1, 0.15) is 12.6 Å². The molecule has 1 aromatic carbocycles. The van der Waals surface area contributed by atoms with E-state index in [1.807, 2.05) is 0 Å². The number of amides is 1. The molecule has 14 nitrogen and oxygen atoms in total. The zero-order chi connectivity index (χ0) is 27.3. The third-order valence-electron chi connectivity index (χ3n) is 4.72. The van der Waals surface area contributed by atoms with E-state index in [-0.39, 0.29) is 5.56 Å². The number of carbonyl (C=O) groups excluding carboxylic acids is 4. The molecule has 1 aromatic rings. The number of carboxylic acids is 1. The lowest BCUT2D eigenvalue weighted by molar-refractivity contribution is -0.486. The van der Waals surface area contributed by atoms with Crippen molar-refractivity contribution >= 4 is 41.5 Å².